The van der Waals surface area contributed by atoms with Gasteiger partial charge in [0.1, 0.15) is 5.82 Å². The third kappa shape index (κ3) is 5.17. The summed E-state index contributed by atoms with van der Waals surface area (Å²) in [6, 6.07) is 4.92. The first kappa shape index (κ1) is 16.4. The number of halogens is 1. The lowest BCUT2D eigenvalue weighted by Gasteiger charge is -2.24. The third-order valence-electron chi connectivity index (χ3n) is 3.12. The van der Waals surface area contributed by atoms with Crippen molar-refractivity contribution in [3.8, 4) is 0 Å². The fourth-order valence-corrected chi connectivity index (χ4v) is 2.02. The van der Waals surface area contributed by atoms with Gasteiger partial charge in [-0.15, -0.1) is 0 Å². The molecule has 0 aliphatic rings. The van der Waals surface area contributed by atoms with Crippen LogP contribution in [0.3, 0.4) is 0 Å². The fraction of sp³-hybridized carbons (Fsp3) is 0.533. The van der Waals surface area contributed by atoms with E-state index in [9.17, 15) is 9.18 Å². The second-order valence-corrected chi connectivity index (χ2v) is 4.72. The van der Waals surface area contributed by atoms with E-state index < -0.39 is 5.97 Å². The van der Waals surface area contributed by atoms with Gasteiger partial charge in [-0.05, 0) is 31.0 Å². The Morgan fingerprint density at radius 3 is 2.75 bits per heavy atom. The lowest BCUT2D eigenvalue weighted by atomic mass is 10.1. The first-order valence-corrected chi connectivity index (χ1v) is 7.04. The molecule has 0 aromatic heterocycles. The zero-order chi connectivity index (χ0) is 15.0. The molecular formula is C15H23FN2O2. The summed E-state index contributed by atoms with van der Waals surface area (Å²) in [5.74, 6) is -1.13. The molecule has 0 bridgehead atoms. The molecule has 0 radical (unpaired) electrons. The standard InChI is InChI=1S/C15H23FN2O2/c1-3-5-8-18(4-2)14-9-12(6-7-13(14)16)10-17-11-15(19)20/h6-7,9,17H,3-5,8,10-11H2,1-2H3,(H,19,20). The Labute approximate surface area is 119 Å². The van der Waals surface area contributed by atoms with Crippen molar-refractivity contribution in [1.82, 2.24) is 5.32 Å². The van der Waals surface area contributed by atoms with E-state index in [1.165, 1.54) is 6.07 Å². The van der Waals surface area contributed by atoms with E-state index in [1.807, 2.05) is 11.8 Å². The number of carboxylic acids is 1. The number of hydrogen-bond acceptors (Lipinski definition) is 3. The molecule has 0 saturated heterocycles. The molecule has 0 spiro atoms. The molecule has 20 heavy (non-hydrogen) atoms. The highest BCUT2D eigenvalue weighted by molar-refractivity contribution is 5.69. The molecule has 1 aromatic rings. The van der Waals surface area contributed by atoms with Crippen LogP contribution in [-0.2, 0) is 11.3 Å². The molecule has 1 rings (SSSR count). The van der Waals surface area contributed by atoms with Crippen LogP contribution in [0.5, 0.6) is 0 Å². The van der Waals surface area contributed by atoms with Crippen molar-refractivity contribution < 1.29 is 14.3 Å². The largest absolute Gasteiger partial charge is 0.480 e. The molecule has 4 nitrogen and oxygen atoms in total. The van der Waals surface area contributed by atoms with Gasteiger partial charge in [0.05, 0.1) is 12.2 Å². The second kappa shape index (κ2) is 8.53. The average molecular weight is 282 g/mol. The highest BCUT2D eigenvalue weighted by Crippen LogP contribution is 2.21. The van der Waals surface area contributed by atoms with Crippen LogP contribution < -0.4 is 10.2 Å². The highest BCUT2D eigenvalue weighted by Gasteiger charge is 2.10. The number of rotatable bonds is 9. The van der Waals surface area contributed by atoms with Gasteiger partial charge in [0.15, 0.2) is 0 Å². The quantitative estimate of drug-likeness (QED) is 0.731. The minimum Gasteiger partial charge on any atom is -0.480 e. The topological polar surface area (TPSA) is 52.6 Å². The predicted molar refractivity (Wildman–Crippen MR) is 78.5 cm³/mol. The molecule has 5 heteroatoms. The van der Waals surface area contributed by atoms with Crippen LogP contribution in [0.1, 0.15) is 32.3 Å². The number of carboxylic acid groups (broad SMARTS) is 1. The summed E-state index contributed by atoms with van der Waals surface area (Å²) in [5.41, 5.74) is 1.48. The van der Waals surface area contributed by atoms with Gasteiger partial charge in [-0.2, -0.15) is 0 Å². The lowest BCUT2D eigenvalue weighted by molar-refractivity contribution is -0.135. The van der Waals surface area contributed by atoms with Crippen LogP contribution in [0.4, 0.5) is 10.1 Å². The molecule has 0 atom stereocenters. The molecular weight excluding hydrogens is 259 g/mol. The maximum atomic E-state index is 13.9. The van der Waals surface area contributed by atoms with E-state index in [-0.39, 0.29) is 12.4 Å². The van der Waals surface area contributed by atoms with E-state index in [0.717, 1.165) is 31.5 Å². The molecule has 112 valence electrons. The summed E-state index contributed by atoms with van der Waals surface area (Å²) in [4.78, 5) is 12.5. The highest BCUT2D eigenvalue weighted by atomic mass is 19.1. The molecule has 0 heterocycles. The summed E-state index contributed by atoms with van der Waals surface area (Å²) in [6.07, 6.45) is 2.09. The van der Waals surface area contributed by atoms with E-state index >= 15 is 0 Å². The number of benzene rings is 1. The van der Waals surface area contributed by atoms with Crippen molar-refractivity contribution in [3.63, 3.8) is 0 Å². The van der Waals surface area contributed by atoms with Crippen LogP contribution in [0.2, 0.25) is 0 Å². The minimum absolute atomic E-state index is 0.0972. The second-order valence-electron chi connectivity index (χ2n) is 4.72. The Kier molecular flexibility index (Phi) is 7.01. The van der Waals surface area contributed by atoms with Gasteiger partial charge in [0.2, 0.25) is 0 Å². The smallest absolute Gasteiger partial charge is 0.317 e. The van der Waals surface area contributed by atoms with Crippen LogP contribution in [0.25, 0.3) is 0 Å². The molecule has 0 fully saturated rings. The number of nitrogens with zero attached hydrogens (tertiary/aromatic N) is 1. The molecule has 0 aliphatic carbocycles. The summed E-state index contributed by atoms with van der Waals surface area (Å²) >= 11 is 0. The number of anilines is 1. The zero-order valence-electron chi connectivity index (χ0n) is 12.2. The third-order valence-corrected chi connectivity index (χ3v) is 3.12. The van der Waals surface area contributed by atoms with Crippen molar-refractivity contribution in [2.75, 3.05) is 24.5 Å². The molecule has 0 aliphatic heterocycles. The lowest BCUT2D eigenvalue weighted by Crippen LogP contribution is -2.25. The summed E-state index contributed by atoms with van der Waals surface area (Å²) < 4.78 is 13.9. The van der Waals surface area contributed by atoms with E-state index in [4.69, 9.17) is 5.11 Å². The van der Waals surface area contributed by atoms with Gasteiger partial charge in [0, 0.05) is 19.6 Å². The maximum absolute atomic E-state index is 13.9. The van der Waals surface area contributed by atoms with Crippen LogP contribution in [-0.4, -0.2) is 30.7 Å². The SMILES string of the molecule is CCCCN(CC)c1cc(CNCC(=O)O)ccc1F. The normalized spacial score (nSPS) is 10.6. The van der Waals surface area contributed by atoms with Gasteiger partial charge >= 0.3 is 5.97 Å². The molecule has 1 aromatic carbocycles. The van der Waals surface area contributed by atoms with Crippen molar-refractivity contribution >= 4 is 11.7 Å². The Hall–Kier alpha value is -1.62. The summed E-state index contributed by atoms with van der Waals surface area (Å²) in [6.45, 7) is 6.02. The fourth-order valence-electron chi connectivity index (χ4n) is 2.02. The van der Waals surface area contributed by atoms with Gasteiger partial charge in [-0.3, -0.25) is 4.79 Å². The molecule has 2 N–H and O–H groups in total. The van der Waals surface area contributed by atoms with Gasteiger partial charge in [-0.25, -0.2) is 4.39 Å². The number of nitrogens with one attached hydrogen (secondary N) is 1. The number of unbranched alkanes of at least 4 members (excludes halogenated alkanes) is 1. The number of carbonyl (C=O) groups is 1. The van der Waals surface area contributed by atoms with Gasteiger partial charge in [0.25, 0.3) is 0 Å². The van der Waals surface area contributed by atoms with Crippen LogP contribution in [0.15, 0.2) is 18.2 Å². The summed E-state index contributed by atoms with van der Waals surface area (Å²) in [5, 5.41) is 11.4. The monoisotopic (exact) mass is 282 g/mol. The Morgan fingerprint density at radius 2 is 2.15 bits per heavy atom. The first-order chi connectivity index (χ1) is 9.58. The predicted octanol–water partition coefficient (Wildman–Crippen LogP) is 2.63. The van der Waals surface area contributed by atoms with E-state index in [1.54, 1.807) is 12.1 Å². The Morgan fingerprint density at radius 1 is 1.40 bits per heavy atom. The number of aliphatic carboxylic acids is 1. The van der Waals surface area contributed by atoms with Crippen molar-refractivity contribution in [1.29, 1.82) is 0 Å². The Balaban J connectivity index is 2.76. The zero-order valence-corrected chi connectivity index (χ0v) is 12.2. The first-order valence-electron chi connectivity index (χ1n) is 7.04. The molecule has 0 amide bonds. The van der Waals surface area contributed by atoms with Crippen molar-refractivity contribution in [2.24, 2.45) is 0 Å². The summed E-state index contributed by atoms with van der Waals surface area (Å²) in [7, 11) is 0. The van der Waals surface area contributed by atoms with Crippen molar-refractivity contribution in [2.45, 2.75) is 33.2 Å². The van der Waals surface area contributed by atoms with Crippen molar-refractivity contribution in [3.05, 3.63) is 29.6 Å². The van der Waals surface area contributed by atoms with E-state index in [0.29, 0.717) is 12.2 Å². The van der Waals surface area contributed by atoms with Gasteiger partial charge in [-0.1, -0.05) is 19.4 Å². The number of hydrogen-bond donors (Lipinski definition) is 2. The molecule has 0 unspecified atom stereocenters. The van der Waals surface area contributed by atoms with Crippen LogP contribution >= 0.6 is 0 Å². The maximum Gasteiger partial charge on any atom is 0.317 e. The minimum atomic E-state index is -0.898. The van der Waals surface area contributed by atoms with Crippen LogP contribution in [0, 0.1) is 5.82 Å². The molecule has 0 saturated carbocycles. The van der Waals surface area contributed by atoms with E-state index in [2.05, 4.69) is 12.2 Å². The van der Waals surface area contributed by atoms with Gasteiger partial charge < -0.3 is 15.3 Å². The average Bonchev–Trinajstić information content (AvgIpc) is 2.42. The Bertz CT molecular complexity index is 438.